The van der Waals surface area contributed by atoms with Crippen LogP contribution in [-0.4, -0.2) is 53.6 Å². The van der Waals surface area contributed by atoms with Crippen LogP contribution in [0.4, 0.5) is 10.1 Å². The molecule has 15 heteroatoms. The van der Waals surface area contributed by atoms with E-state index in [2.05, 4.69) is 5.32 Å². The van der Waals surface area contributed by atoms with Crippen molar-refractivity contribution in [2.45, 2.75) is 30.8 Å². The Kier molecular flexibility index (Phi) is 8.80. The fraction of sp³-hybridized carbons (Fsp3) is 0.200. The van der Waals surface area contributed by atoms with Gasteiger partial charge < -0.3 is 19.9 Å². The number of rotatable bonds is 11. The first-order valence-electron chi connectivity index (χ1n) is 13.5. The number of esters is 1. The number of carboxylic acid groups (broad SMARTS) is 1. The molecule has 0 aliphatic carbocycles. The standard InChI is InChI=1S/C30H28FN3O9S2/c1-18(14-28(35)36)32-16-19-6-5-9-24(31)30(19)23-11-13-27(22-8-4-3-7-21(22)23)44(38,39)33-45(40,41)34-17-29(37)43-26-15-20(42-2)10-12-25(26)34/h3-13,15,18,32-33H,14,16-17H2,1-2H3,(H,35,36)/t18-/m0/s1. The summed E-state index contributed by atoms with van der Waals surface area (Å²) in [6, 6.07) is 16.9. The SMILES string of the molecule is COc1ccc2c(c1)OC(=O)CN2S(=O)(=O)NS(=O)(=O)c1ccc(-c2c(F)cccc2CN[C@@H](C)CC(=O)O)c2ccccc12. The molecule has 45 heavy (non-hydrogen) atoms. The third kappa shape index (κ3) is 6.61. The molecule has 0 aromatic heterocycles. The third-order valence-electron chi connectivity index (χ3n) is 7.10. The van der Waals surface area contributed by atoms with Crippen LogP contribution in [-0.2, 0) is 36.4 Å². The van der Waals surface area contributed by atoms with Gasteiger partial charge in [-0.3, -0.25) is 4.79 Å². The van der Waals surface area contributed by atoms with Crippen molar-refractivity contribution in [1.82, 2.24) is 9.44 Å². The predicted molar refractivity (Wildman–Crippen MR) is 163 cm³/mol. The number of carbonyl (C=O) groups is 2. The van der Waals surface area contributed by atoms with Crippen LogP contribution in [0, 0.1) is 5.82 Å². The number of benzene rings is 4. The molecule has 0 amide bonds. The van der Waals surface area contributed by atoms with Crippen LogP contribution in [0.2, 0.25) is 0 Å². The van der Waals surface area contributed by atoms with E-state index in [0.717, 1.165) is 0 Å². The number of ether oxygens (including phenoxy) is 2. The zero-order valence-electron chi connectivity index (χ0n) is 24.0. The van der Waals surface area contributed by atoms with E-state index in [4.69, 9.17) is 14.6 Å². The molecule has 0 bridgehead atoms. The molecular formula is C30H28FN3O9S2. The molecule has 0 saturated heterocycles. The summed E-state index contributed by atoms with van der Waals surface area (Å²) in [7, 11) is -8.30. The minimum absolute atomic E-state index is 0.0725. The molecule has 0 saturated carbocycles. The molecule has 0 spiro atoms. The van der Waals surface area contributed by atoms with Crippen LogP contribution < -0.4 is 23.2 Å². The fourth-order valence-corrected chi connectivity index (χ4v) is 8.30. The van der Waals surface area contributed by atoms with Crippen molar-refractivity contribution in [2.24, 2.45) is 0 Å². The first-order chi connectivity index (χ1) is 21.3. The molecule has 1 heterocycles. The number of hydrogen-bond donors (Lipinski definition) is 3. The molecule has 3 N–H and O–H groups in total. The lowest BCUT2D eigenvalue weighted by atomic mass is 9.94. The maximum atomic E-state index is 15.4. The quantitative estimate of drug-likeness (QED) is 0.160. The normalized spacial score (nSPS) is 14.1. The predicted octanol–water partition coefficient (Wildman–Crippen LogP) is 3.56. The van der Waals surface area contributed by atoms with Gasteiger partial charge in [-0.1, -0.05) is 46.6 Å². The van der Waals surface area contributed by atoms with Crippen LogP contribution in [0.25, 0.3) is 21.9 Å². The van der Waals surface area contributed by atoms with Gasteiger partial charge in [-0.2, -0.15) is 8.42 Å². The van der Waals surface area contributed by atoms with Crippen molar-refractivity contribution in [2.75, 3.05) is 18.0 Å². The zero-order valence-corrected chi connectivity index (χ0v) is 25.6. The van der Waals surface area contributed by atoms with Crippen molar-refractivity contribution in [3.63, 3.8) is 0 Å². The maximum absolute atomic E-state index is 15.4. The number of fused-ring (bicyclic) bond motifs is 2. The minimum Gasteiger partial charge on any atom is -0.497 e. The molecular weight excluding hydrogens is 629 g/mol. The van der Waals surface area contributed by atoms with E-state index in [9.17, 15) is 26.4 Å². The lowest BCUT2D eigenvalue weighted by Gasteiger charge is -2.29. The molecule has 5 rings (SSSR count). The van der Waals surface area contributed by atoms with Gasteiger partial charge in [0, 0.05) is 29.6 Å². The number of aliphatic carboxylic acids is 1. The van der Waals surface area contributed by atoms with E-state index >= 15 is 4.39 Å². The molecule has 4 aromatic carbocycles. The number of hydrogen-bond acceptors (Lipinski definition) is 9. The lowest BCUT2D eigenvalue weighted by molar-refractivity contribution is -0.137. The molecule has 1 aliphatic heterocycles. The van der Waals surface area contributed by atoms with E-state index in [1.165, 1.54) is 55.6 Å². The molecule has 236 valence electrons. The molecule has 1 aliphatic rings. The van der Waals surface area contributed by atoms with Crippen LogP contribution in [0.1, 0.15) is 18.9 Å². The Labute approximate surface area is 258 Å². The highest BCUT2D eigenvalue weighted by molar-refractivity contribution is 8.05. The van der Waals surface area contributed by atoms with Gasteiger partial charge >= 0.3 is 22.1 Å². The number of nitrogens with one attached hydrogen (secondary N) is 2. The fourth-order valence-electron chi connectivity index (χ4n) is 5.07. The first-order valence-corrected chi connectivity index (χ1v) is 16.4. The average Bonchev–Trinajstić information content (AvgIpc) is 2.98. The number of halogens is 1. The van der Waals surface area contributed by atoms with E-state index in [1.807, 2.05) is 0 Å². The molecule has 4 aromatic rings. The highest BCUT2D eigenvalue weighted by atomic mass is 32.3. The summed E-state index contributed by atoms with van der Waals surface area (Å²) < 4.78 is 82.1. The zero-order chi connectivity index (χ0) is 32.5. The highest BCUT2D eigenvalue weighted by Crippen LogP contribution is 2.38. The Morgan fingerprint density at radius 1 is 1.04 bits per heavy atom. The molecule has 0 radical (unpaired) electrons. The smallest absolute Gasteiger partial charge is 0.332 e. The van der Waals surface area contributed by atoms with Crippen molar-refractivity contribution >= 4 is 48.6 Å². The van der Waals surface area contributed by atoms with Gasteiger partial charge in [-0.25, -0.2) is 21.9 Å². The maximum Gasteiger partial charge on any atom is 0.332 e. The largest absolute Gasteiger partial charge is 0.497 e. The summed E-state index contributed by atoms with van der Waals surface area (Å²) in [4.78, 5) is 22.9. The summed E-state index contributed by atoms with van der Waals surface area (Å²) in [5, 5.41) is 12.6. The van der Waals surface area contributed by atoms with Crippen molar-refractivity contribution < 1.29 is 45.4 Å². The Hall–Kier alpha value is -4.57. The molecule has 1 atom stereocenters. The van der Waals surface area contributed by atoms with E-state index in [-0.39, 0.29) is 41.1 Å². The number of nitrogens with zero attached hydrogens (tertiary/aromatic N) is 1. The number of anilines is 1. The minimum atomic E-state index is -4.88. The number of carbonyl (C=O) groups excluding carboxylic acids is 1. The second kappa shape index (κ2) is 12.4. The van der Waals surface area contributed by atoms with Gasteiger partial charge in [0.2, 0.25) is 0 Å². The topological polar surface area (TPSA) is 168 Å². The van der Waals surface area contributed by atoms with Gasteiger partial charge in [-0.15, -0.1) is 0 Å². The van der Waals surface area contributed by atoms with Crippen LogP contribution in [0.15, 0.2) is 77.7 Å². The van der Waals surface area contributed by atoms with Gasteiger partial charge in [-0.05, 0) is 47.7 Å². The van der Waals surface area contributed by atoms with Gasteiger partial charge in [0.25, 0.3) is 10.0 Å². The molecule has 0 unspecified atom stereocenters. The highest BCUT2D eigenvalue weighted by Gasteiger charge is 2.37. The van der Waals surface area contributed by atoms with Gasteiger partial charge in [0.1, 0.15) is 18.1 Å². The molecule has 0 fully saturated rings. The lowest BCUT2D eigenvalue weighted by Crippen LogP contribution is -2.48. The van der Waals surface area contributed by atoms with Crippen LogP contribution >= 0.6 is 0 Å². The summed E-state index contributed by atoms with van der Waals surface area (Å²) in [5.74, 6) is -2.35. The number of carboxylic acids is 1. The Morgan fingerprint density at radius 3 is 2.49 bits per heavy atom. The van der Waals surface area contributed by atoms with Gasteiger partial charge in [0.05, 0.1) is 24.1 Å². The monoisotopic (exact) mass is 657 g/mol. The van der Waals surface area contributed by atoms with Gasteiger partial charge in [0.15, 0.2) is 5.75 Å². The van der Waals surface area contributed by atoms with Crippen LogP contribution in [0.5, 0.6) is 11.5 Å². The summed E-state index contributed by atoms with van der Waals surface area (Å²) >= 11 is 0. The van der Waals surface area contributed by atoms with E-state index < -0.39 is 55.5 Å². The Bertz CT molecular complexity index is 2040. The number of sulfonamides is 1. The third-order valence-corrected chi connectivity index (χ3v) is 10.7. The van der Waals surface area contributed by atoms with E-state index in [0.29, 0.717) is 20.8 Å². The summed E-state index contributed by atoms with van der Waals surface area (Å²) in [6.45, 7) is 1.03. The molecule has 12 nitrogen and oxygen atoms in total. The first kappa shape index (κ1) is 31.8. The Balaban J connectivity index is 1.53. The van der Waals surface area contributed by atoms with Crippen LogP contribution in [0.3, 0.4) is 0 Å². The van der Waals surface area contributed by atoms with Crippen molar-refractivity contribution in [3.05, 3.63) is 84.2 Å². The summed E-state index contributed by atoms with van der Waals surface area (Å²) in [5.41, 5.74) is 0.944. The van der Waals surface area contributed by atoms with E-state index in [1.54, 1.807) is 35.3 Å². The average molecular weight is 658 g/mol. The second-order valence-electron chi connectivity index (χ2n) is 10.2. The van der Waals surface area contributed by atoms with Crippen molar-refractivity contribution in [3.8, 4) is 22.6 Å². The Morgan fingerprint density at radius 2 is 1.78 bits per heavy atom. The summed E-state index contributed by atoms with van der Waals surface area (Å²) in [6.07, 6.45) is -0.144. The second-order valence-corrected chi connectivity index (χ2v) is 13.7. The number of methoxy groups -OCH3 is 1. The van der Waals surface area contributed by atoms with Crippen molar-refractivity contribution in [1.29, 1.82) is 0 Å².